The molecule has 0 saturated heterocycles. The zero-order valence-corrected chi connectivity index (χ0v) is 12.7. The van der Waals surface area contributed by atoms with Crippen LogP contribution in [-0.2, 0) is 14.7 Å². The lowest BCUT2D eigenvalue weighted by Gasteiger charge is -1.96. The van der Waals surface area contributed by atoms with Crippen molar-refractivity contribution in [2.75, 3.05) is 12.4 Å². The van der Waals surface area contributed by atoms with Crippen LogP contribution in [0.5, 0.6) is 0 Å². The van der Waals surface area contributed by atoms with Crippen molar-refractivity contribution in [2.45, 2.75) is 23.6 Å². The van der Waals surface area contributed by atoms with Gasteiger partial charge in [0.15, 0.2) is 0 Å². The molecule has 0 bridgehead atoms. The first-order chi connectivity index (χ1) is 9.97. The minimum atomic E-state index is -3.64. The zero-order chi connectivity index (χ0) is 15.3. The molecule has 5 nitrogen and oxygen atoms in total. The third kappa shape index (κ3) is 5.50. The van der Waals surface area contributed by atoms with Crippen LogP contribution in [0.1, 0.15) is 24.1 Å². The monoisotopic (exact) mass is 336 g/mol. The van der Waals surface area contributed by atoms with Gasteiger partial charge in [-0.1, -0.05) is 5.16 Å². The van der Waals surface area contributed by atoms with E-state index in [1.54, 1.807) is 0 Å². The Morgan fingerprint density at radius 3 is 2.95 bits per heavy atom. The van der Waals surface area contributed by atoms with E-state index in [9.17, 15) is 17.2 Å². The summed E-state index contributed by atoms with van der Waals surface area (Å²) in [5.41, 5.74) is 0. The summed E-state index contributed by atoms with van der Waals surface area (Å²) in [4.78, 5) is 9.38. The molecule has 2 rings (SSSR count). The Bertz CT molecular complexity index is 633. The average Bonchev–Trinajstić information content (AvgIpc) is 3.10. The molecular weight excluding hydrogens is 322 g/mol. The largest absolute Gasteiger partial charge is 0.395 e. The molecular formula is C12H14F2N2O3S2. The number of oxime groups is 1. The molecule has 1 fully saturated rings. The third-order valence-corrected chi connectivity index (χ3v) is 5.86. The first-order valence-corrected chi connectivity index (χ1v) is 8.79. The maximum absolute atomic E-state index is 11.9. The number of thiazole rings is 1. The van der Waals surface area contributed by atoms with Gasteiger partial charge in [0.1, 0.15) is 6.61 Å². The number of halogens is 2. The number of sulfone groups is 1. The average molecular weight is 336 g/mol. The molecule has 116 valence electrons. The van der Waals surface area contributed by atoms with Gasteiger partial charge < -0.3 is 4.84 Å². The van der Waals surface area contributed by atoms with E-state index in [2.05, 4.69) is 10.1 Å². The number of hydrogen-bond donors (Lipinski definition) is 0. The van der Waals surface area contributed by atoms with E-state index >= 15 is 0 Å². The third-order valence-electron chi connectivity index (χ3n) is 2.72. The topological polar surface area (TPSA) is 68.6 Å². The molecule has 1 heterocycles. The minimum Gasteiger partial charge on any atom is -0.395 e. The Kier molecular flexibility index (Phi) is 5.40. The lowest BCUT2D eigenvalue weighted by molar-refractivity contribution is 0.135. The number of hydrogen-bond acceptors (Lipinski definition) is 6. The van der Waals surface area contributed by atoms with Gasteiger partial charge in [0, 0.05) is 6.20 Å². The van der Waals surface area contributed by atoms with Crippen LogP contribution in [0.15, 0.2) is 27.8 Å². The van der Waals surface area contributed by atoms with Gasteiger partial charge in [0.05, 0.1) is 16.8 Å². The van der Waals surface area contributed by atoms with E-state index in [0.29, 0.717) is 23.5 Å². The van der Waals surface area contributed by atoms with E-state index in [0.717, 1.165) is 24.2 Å². The number of rotatable bonds is 8. The standard InChI is InChI=1S/C12H14F2N2O3S2/c13-11(14)2-1-5-21(17,18)12-15-6-10(20-12)7-16-19-8-9-3-4-9/h2,6-7,9H,1,3-5,8H2/b16-7-. The molecule has 1 aliphatic rings. The van der Waals surface area contributed by atoms with Crippen molar-refractivity contribution in [2.24, 2.45) is 11.1 Å². The molecule has 1 saturated carbocycles. The SMILES string of the molecule is O=S(=O)(CCC=C(F)F)c1ncc(/C=N\OCC2CC2)s1. The fraction of sp³-hybridized carbons (Fsp3) is 0.500. The lowest BCUT2D eigenvalue weighted by Crippen LogP contribution is -2.05. The van der Waals surface area contributed by atoms with Gasteiger partial charge in [0.2, 0.25) is 14.2 Å². The van der Waals surface area contributed by atoms with Crippen molar-refractivity contribution in [1.82, 2.24) is 4.98 Å². The fourth-order valence-electron chi connectivity index (χ4n) is 1.41. The van der Waals surface area contributed by atoms with Crippen LogP contribution in [0.2, 0.25) is 0 Å². The summed E-state index contributed by atoms with van der Waals surface area (Å²) in [6.45, 7) is 0.571. The second-order valence-electron chi connectivity index (χ2n) is 4.60. The van der Waals surface area contributed by atoms with Crippen LogP contribution in [0.25, 0.3) is 0 Å². The minimum absolute atomic E-state index is 0.0983. The second kappa shape index (κ2) is 7.08. The van der Waals surface area contributed by atoms with Crippen LogP contribution in [0.3, 0.4) is 0 Å². The molecule has 21 heavy (non-hydrogen) atoms. The molecule has 0 aromatic carbocycles. The lowest BCUT2D eigenvalue weighted by atomic mass is 10.5. The van der Waals surface area contributed by atoms with Crippen LogP contribution < -0.4 is 0 Å². The van der Waals surface area contributed by atoms with Crippen molar-refractivity contribution in [3.05, 3.63) is 23.2 Å². The Morgan fingerprint density at radius 2 is 2.29 bits per heavy atom. The first-order valence-electron chi connectivity index (χ1n) is 6.32. The van der Waals surface area contributed by atoms with Gasteiger partial charge >= 0.3 is 0 Å². The highest BCUT2D eigenvalue weighted by Gasteiger charge is 2.22. The normalized spacial score (nSPS) is 15.3. The molecule has 1 aromatic rings. The van der Waals surface area contributed by atoms with Gasteiger partial charge in [-0.25, -0.2) is 13.4 Å². The summed E-state index contributed by atoms with van der Waals surface area (Å²) in [7, 11) is -3.64. The van der Waals surface area contributed by atoms with Crippen molar-refractivity contribution in [3.8, 4) is 0 Å². The van der Waals surface area contributed by atoms with Gasteiger partial charge in [-0.15, -0.1) is 11.3 Å². The molecule has 0 amide bonds. The zero-order valence-electron chi connectivity index (χ0n) is 11.0. The van der Waals surface area contributed by atoms with Crippen molar-refractivity contribution < 1.29 is 22.0 Å². The Morgan fingerprint density at radius 1 is 1.52 bits per heavy atom. The van der Waals surface area contributed by atoms with Gasteiger partial charge in [0.25, 0.3) is 6.08 Å². The van der Waals surface area contributed by atoms with Crippen LogP contribution in [-0.4, -0.2) is 32.0 Å². The molecule has 0 aliphatic heterocycles. The number of aromatic nitrogens is 1. The highest BCUT2D eigenvalue weighted by molar-refractivity contribution is 7.93. The molecule has 1 aromatic heterocycles. The summed E-state index contributed by atoms with van der Waals surface area (Å²) < 4.78 is 47.4. The fourth-order valence-corrected chi connectivity index (χ4v) is 3.78. The van der Waals surface area contributed by atoms with Crippen molar-refractivity contribution in [3.63, 3.8) is 0 Å². The Balaban J connectivity index is 1.89. The molecule has 9 heteroatoms. The molecule has 0 spiro atoms. The Labute approximate surface area is 125 Å². The molecule has 0 atom stereocenters. The molecule has 0 N–H and O–H groups in total. The van der Waals surface area contributed by atoms with Gasteiger partial charge in [-0.3, -0.25) is 0 Å². The van der Waals surface area contributed by atoms with Crippen LogP contribution >= 0.6 is 11.3 Å². The summed E-state index contributed by atoms with van der Waals surface area (Å²) in [6.07, 6.45) is 3.55. The number of allylic oxidation sites excluding steroid dienone is 1. The highest BCUT2D eigenvalue weighted by atomic mass is 32.2. The van der Waals surface area contributed by atoms with Crippen molar-refractivity contribution >= 4 is 27.4 Å². The molecule has 1 aliphatic carbocycles. The van der Waals surface area contributed by atoms with E-state index < -0.39 is 21.7 Å². The quantitative estimate of drug-likeness (QED) is 0.541. The molecule has 0 unspecified atom stereocenters. The highest BCUT2D eigenvalue weighted by Crippen LogP contribution is 2.28. The van der Waals surface area contributed by atoms with E-state index in [1.165, 1.54) is 12.4 Å². The van der Waals surface area contributed by atoms with Crippen LogP contribution in [0, 0.1) is 5.92 Å². The van der Waals surface area contributed by atoms with Crippen LogP contribution in [0.4, 0.5) is 8.78 Å². The predicted molar refractivity (Wildman–Crippen MR) is 75.4 cm³/mol. The summed E-state index contributed by atoms with van der Waals surface area (Å²) in [5.74, 6) is 0.190. The summed E-state index contributed by atoms with van der Waals surface area (Å²) in [6, 6.07) is 0. The smallest absolute Gasteiger partial charge is 0.266 e. The van der Waals surface area contributed by atoms with E-state index in [1.807, 2.05) is 0 Å². The van der Waals surface area contributed by atoms with Gasteiger partial charge in [-0.2, -0.15) is 8.78 Å². The maximum atomic E-state index is 11.9. The first kappa shape index (κ1) is 16.0. The maximum Gasteiger partial charge on any atom is 0.266 e. The summed E-state index contributed by atoms with van der Waals surface area (Å²) >= 11 is 0.937. The second-order valence-corrected chi connectivity index (χ2v) is 7.95. The van der Waals surface area contributed by atoms with Gasteiger partial charge in [-0.05, 0) is 31.3 Å². The number of nitrogens with zero attached hydrogens (tertiary/aromatic N) is 2. The van der Waals surface area contributed by atoms with E-state index in [4.69, 9.17) is 4.84 Å². The predicted octanol–water partition coefficient (Wildman–Crippen LogP) is 2.85. The molecule has 0 radical (unpaired) electrons. The summed E-state index contributed by atoms with van der Waals surface area (Å²) in [5, 5.41) is 3.74. The van der Waals surface area contributed by atoms with Crippen molar-refractivity contribution in [1.29, 1.82) is 0 Å². The Hall–Kier alpha value is -1.35. The van der Waals surface area contributed by atoms with E-state index in [-0.39, 0.29) is 10.8 Å².